The van der Waals surface area contributed by atoms with Crippen LogP contribution in [0.4, 0.5) is 0 Å². The molecule has 0 N–H and O–H groups in total. The van der Waals surface area contributed by atoms with Gasteiger partial charge in [0.15, 0.2) is 9.84 Å². The van der Waals surface area contributed by atoms with Gasteiger partial charge in [0, 0.05) is 36.4 Å². The molecule has 7 nitrogen and oxygen atoms in total. The van der Waals surface area contributed by atoms with Crippen LogP contribution in [0.1, 0.15) is 5.56 Å². The Morgan fingerprint density at radius 1 is 0.962 bits per heavy atom. The summed E-state index contributed by atoms with van der Waals surface area (Å²) in [6.07, 6.45) is 7.87. The maximum atomic E-state index is 12.9. The maximum absolute atomic E-state index is 12.9. The smallest absolute Gasteiger partial charge is 0.186 e. The predicted molar refractivity (Wildman–Crippen MR) is 95.7 cm³/mol. The highest BCUT2D eigenvalue weighted by Crippen LogP contribution is 2.31. The van der Waals surface area contributed by atoms with Crippen LogP contribution < -0.4 is 9.47 Å². The van der Waals surface area contributed by atoms with Gasteiger partial charge >= 0.3 is 0 Å². The topological polar surface area (TPSA) is 91.3 Å². The average Bonchev–Trinajstić information content (AvgIpc) is 2.68. The summed E-state index contributed by atoms with van der Waals surface area (Å²) in [5, 5.41) is 0. The van der Waals surface area contributed by atoms with Crippen molar-refractivity contribution >= 4 is 9.84 Å². The molecule has 0 radical (unpaired) electrons. The van der Waals surface area contributed by atoms with Crippen LogP contribution in [0, 0.1) is 0 Å². The van der Waals surface area contributed by atoms with Crippen LogP contribution in [0.3, 0.4) is 0 Å². The molecule has 2 heterocycles. The number of benzene rings is 1. The van der Waals surface area contributed by atoms with E-state index in [-0.39, 0.29) is 16.4 Å². The molecule has 3 rings (SSSR count). The zero-order valence-electron chi connectivity index (χ0n) is 14.3. The molecule has 26 heavy (non-hydrogen) atoms. The van der Waals surface area contributed by atoms with E-state index in [4.69, 9.17) is 9.47 Å². The number of rotatable bonds is 6. The minimum atomic E-state index is -3.67. The van der Waals surface area contributed by atoms with Crippen molar-refractivity contribution in [3.05, 3.63) is 60.8 Å². The third kappa shape index (κ3) is 3.80. The largest absolute Gasteiger partial charge is 0.497 e. The van der Waals surface area contributed by atoms with E-state index in [9.17, 15) is 8.42 Å². The first kappa shape index (κ1) is 17.8. The Kier molecular flexibility index (Phi) is 5.13. The third-order valence-corrected chi connectivity index (χ3v) is 5.42. The molecule has 0 fully saturated rings. The highest BCUT2D eigenvalue weighted by Gasteiger charge is 2.22. The summed E-state index contributed by atoms with van der Waals surface area (Å²) >= 11 is 0. The highest BCUT2D eigenvalue weighted by molar-refractivity contribution is 7.90. The van der Waals surface area contributed by atoms with Crippen LogP contribution in [0.5, 0.6) is 11.5 Å². The minimum absolute atomic E-state index is 0.0734. The van der Waals surface area contributed by atoms with Gasteiger partial charge in [-0.05, 0) is 23.8 Å². The zero-order chi connectivity index (χ0) is 18.6. The van der Waals surface area contributed by atoms with Crippen molar-refractivity contribution in [1.29, 1.82) is 0 Å². The van der Waals surface area contributed by atoms with E-state index in [2.05, 4.69) is 15.0 Å². The number of hydrogen-bond acceptors (Lipinski definition) is 7. The molecule has 1 aromatic carbocycles. The third-order valence-electron chi connectivity index (χ3n) is 3.72. The second-order valence-corrected chi connectivity index (χ2v) is 7.41. The van der Waals surface area contributed by atoms with Crippen LogP contribution in [0.25, 0.3) is 11.3 Å². The molecule has 3 aromatic rings. The first-order chi connectivity index (χ1) is 12.5. The molecule has 0 saturated heterocycles. The van der Waals surface area contributed by atoms with Crippen molar-refractivity contribution in [2.75, 3.05) is 14.2 Å². The number of sulfone groups is 1. The Labute approximate surface area is 151 Å². The minimum Gasteiger partial charge on any atom is -0.497 e. The van der Waals surface area contributed by atoms with Crippen LogP contribution >= 0.6 is 0 Å². The fraction of sp³-hybridized carbons (Fsp3) is 0.167. The van der Waals surface area contributed by atoms with Gasteiger partial charge in [0.25, 0.3) is 0 Å². The van der Waals surface area contributed by atoms with Gasteiger partial charge < -0.3 is 9.47 Å². The lowest BCUT2D eigenvalue weighted by Gasteiger charge is -2.11. The van der Waals surface area contributed by atoms with E-state index in [1.165, 1.54) is 26.5 Å². The van der Waals surface area contributed by atoms with Crippen LogP contribution in [-0.4, -0.2) is 37.6 Å². The summed E-state index contributed by atoms with van der Waals surface area (Å²) < 4.78 is 36.1. The molecular formula is C18H17N3O4S. The molecule has 0 bridgehead atoms. The lowest BCUT2D eigenvalue weighted by Crippen LogP contribution is -2.08. The Balaban J connectivity index is 1.96. The second-order valence-electron chi connectivity index (χ2n) is 5.45. The standard InChI is InChI=1S/C18H17N3O4S/c1-24-15-3-4-17(25-2)18(8-15)26(22,23)12-13-7-14(10-20-9-13)16-11-19-5-6-21-16/h3-11H,12H2,1-2H3. The number of ether oxygens (including phenoxy) is 2. The van der Waals surface area contributed by atoms with Gasteiger partial charge in [0.2, 0.25) is 0 Å². The van der Waals surface area contributed by atoms with Gasteiger partial charge in [0.1, 0.15) is 16.4 Å². The van der Waals surface area contributed by atoms with Gasteiger partial charge in [-0.3, -0.25) is 15.0 Å². The van der Waals surface area contributed by atoms with Crippen molar-refractivity contribution in [3.63, 3.8) is 0 Å². The molecule has 0 aliphatic heterocycles. The molecule has 0 aliphatic rings. The first-order valence-electron chi connectivity index (χ1n) is 7.68. The number of nitrogens with zero attached hydrogens (tertiary/aromatic N) is 3. The van der Waals surface area contributed by atoms with Crippen LogP contribution in [0.2, 0.25) is 0 Å². The molecule has 134 valence electrons. The molecule has 0 unspecified atom stereocenters. The van der Waals surface area contributed by atoms with Gasteiger partial charge in [-0.2, -0.15) is 0 Å². The first-order valence-corrected chi connectivity index (χ1v) is 9.34. The number of methoxy groups -OCH3 is 2. The molecule has 0 atom stereocenters. The van der Waals surface area contributed by atoms with Crippen molar-refractivity contribution in [2.24, 2.45) is 0 Å². The van der Waals surface area contributed by atoms with Gasteiger partial charge in [-0.25, -0.2) is 8.42 Å². The number of hydrogen-bond donors (Lipinski definition) is 0. The zero-order valence-corrected chi connectivity index (χ0v) is 15.1. The summed E-state index contributed by atoms with van der Waals surface area (Å²) in [6.45, 7) is 0. The maximum Gasteiger partial charge on any atom is 0.186 e. The summed E-state index contributed by atoms with van der Waals surface area (Å²) in [7, 11) is -0.762. The number of aromatic nitrogens is 3. The van der Waals surface area contributed by atoms with E-state index in [0.717, 1.165) is 0 Å². The summed E-state index contributed by atoms with van der Waals surface area (Å²) in [5.41, 5.74) is 1.86. The van der Waals surface area contributed by atoms with E-state index in [1.54, 1.807) is 43.0 Å². The molecule has 0 saturated carbocycles. The fourth-order valence-corrected chi connectivity index (χ4v) is 3.98. The Morgan fingerprint density at radius 3 is 2.50 bits per heavy atom. The van der Waals surface area contributed by atoms with Gasteiger partial charge in [-0.15, -0.1) is 0 Å². The van der Waals surface area contributed by atoms with E-state index in [0.29, 0.717) is 22.6 Å². The fourth-order valence-electron chi connectivity index (χ4n) is 2.48. The average molecular weight is 371 g/mol. The normalized spacial score (nSPS) is 11.2. The highest BCUT2D eigenvalue weighted by atomic mass is 32.2. The Hall–Kier alpha value is -3.00. The molecule has 2 aromatic heterocycles. The van der Waals surface area contributed by atoms with E-state index in [1.807, 2.05) is 0 Å². The van der Waals surface area contributed by atoms with Gasteiger partial charge in [0.05, 0.1) is 31.9 Å². The Morgan fingerprint density at radius 2 is 1.81 bits per heavy atom. The molecule has 8 heteroatoms. The molecule has 0 aliphatic carbocycles. The molecule has 0 amide bonds. The lowest BCUT2D eigenvalue weighted by atomic mass is 10.2. The SMILES string of the molecule is COc1ccc(OC)c(S(=O)(=O)Cc2cncc(-c3cnccn3)c2)c1. The molecule has 0 spiro atoms. The van der Waals surface area contributed by atoms with Crippen molar-refractivity contribution < 1.29 is 17.9 Å². The summed E-state index contributed by atoms with van der Waals surface area (Å²) in [4.78, 5) is 12.4. The van der Waals surface area contributed by atoms with Crippen molar-refractivity contribution in [2.45, 2.75) is 10.6 Å². The number of pyridine rings is 1. The summed E-state index contributed by atoms with van der Waals surface area (Å²) in [5.74, 6) is 0.483. The monoisotopic (exact) mass is 371 g/mol. The second kappa shape index (κ2) is 7.49. The predicted octanol–water partition coefficient (Wildman–Crippen LogP) is 2.53. The molecular weight excluding hydrogens is 354 g/mol. The van der Waals surface area contributed by atoms with Crippen LogP contribution in [-0.2, 0) is 15.6 Å². The summed E-state index contributed by atoms with van der Waals surface area (Å²) in [6, 6.07) is 6.41. The van der Waals surface area contributed by atoms with E-state index < -0.39 is 9.84 Å². The van der Waals surface area contributed by atoms with Crippen molar-refractivity contribution in [3.8, 4) is 22.8 Å². The lowest BCUT2D eigenvalue weighted by molar-refractivity contribution is 0.392. The quantitative estimate of drug-likeness (QED) is 0.657. The van der Waals surface area contributed by atoms with Crippen molar-refractivity contribution in [1.82, 2.24) is 15.0 Å². The van der Waals surface area contributed by atoms with Gasteiger partial charge in [-0.1, -0.05) is 0 Å². The van der Waals surface area contributed by atoms with Crippen LogP contribution in [0.15, 0.2) is 60.1 Å². The Bertz CT molecular complexity index is 1010. The van der Waals surface area contributed by atoms with E-state index >= 15 is 0 Å².